The molecule has 0 aliphatic rings. The zero-order chi connectivity index (χ0) is 14.7. The molecule has 0 spiro atoms. The van der Waals surface area contributed by atoms with Crippen LogP contribution in [0, 0.1) is 0 Å². The molecule has 4 N–H and O–H groups in total. The predicted molar refractivity (Wildman–Crippen MR) is 81.7 cm³/mol. The fraction of sp³-hybridized carbons (Fsp3) is 0. The van der Waals surface area contributed by atoms with Crippen molar-refractivity contribution in [2.24, 2.45) is 5.84 Å². The van der Waals surface area contributed by atoms with Crippen LogP contribution in [0.4, 0.5) is 11.5 Å². The Hall–Kier alpha value is -2.99. The molecule has 3 rings (SSSR count). The molecule has 2 heterocycles. The second-order valence-corrected chi connectivity index (χ2v) is 4.38. The first-order valence-corrected chi connectivity index (χ1v) is 6.37. The summed E-state index contributed by atoms with van der Waals surface area (Å²) in [5.74, 6) is 5.42. The van der Waals surface area contributed by atoms with Gasteiger partial charge in [0.25, 0.3) is 5.91 Å². The highest BCUT2D eigenvalue weighted by atomic mass is 16.1. The van der Waals surface area contributed by atoms with Crippen molar-refractivity contribution in [2.45, 2.75) is 0 Å². The maximum absolute atomic E-state index is 12.3. The van der Waals surface area contributed by atoms with Crippen LogP contribution in [0.1, 0.15) is 10.5 Å². The maximum Gasteiger partial charge on any atom is 0.274 e. The number of benzene rings is 1. The number of hydrogen-bond acceptors (Lipinski definition) is 5. The SMILES string of the molecule is NNc1cccc(C(=O)Nc2cccc3ncccc23)n1. The lowest BCUT2D eigenvalue weighted by Crippen LogP contribution is -2.16. The molecule has 0 saturated heterocycles. The first kappa shape index (κ1) is 13.0. The number of anilines is 2. The van der Waals surface area contributed by atoms with Crippen LogP contribution in [0.15, 0.2) is 54.7 Å². The lowest BCUT2D eigenvalue weighted by Gasteiger charge is -2.08. The Kier molecular flexibility index (Phi) is 3.44. The summed E-state index contributed by atoms with van der Waals surface area (Å²) in [6, 6.07) is 14.3. The summed E-state index contributed by atoms with van der Waals surface area (Å²) in [4.78, 5) is 20.6. The second kappa shape index (κ2) is 5.56. The van der Waals surface area contributed by atoms with E-state index in [4.69, 9.17) is 5.84 Å². The van der Waals surface area contributed by atoms with Crippen LogP contribution >= 0.6 is 0 Å². The highest BCUT2D eigenvalue weighted by Gasteiger charge is 2.10. The minimum absolute atomic E-state index is 0.284. The quantitative estimate of drug-likeness (QED) is 0.504. The first-order valence-electron chi connectivity index (χ1n) is 6.37. The van der Waals surface area contributed by atoms with E-state index in [2.05, 4.69) is 20.7 Å². The van der Waals surface area contributed by atoms with E-state index in [9.17, 15) is 4.79 Å². The van der Waals surface area contributed by atoms with Crippen LogP contribution < -0.4 is 16.6 Å². The average molecular weight is 279 g/mol. The number of nitrogens with zero attached hydrogens (tertiary/aromatic N) is 2. The maximum atomic E-state index is 12.3. The van der Waals surface area contributed by atoms with Gasteiger partial charge >= 0.3 is 0 Å². The third-order valence-corrected chi connectivity index (χ3v) is 3.02. The molecule has 6 nitrogen and oxygen atoms in total. The molecule has 2 aromatic heterocycles. The second-order valence-electron chi connectivity index (χ2n) is 4.38. The fourth-order valence-corrected chi connectivity index (χ4v) is 2.04. The van der Waals surface area contributed by atoms with Crippen LogP contribution in [0.3, 0.4) is 0 Å². The van der Waals surface area contributed by atoms with Crippen molar-refractivity contribution in [2.75, 3.05) is 10.7 Å². The lowest BCUT2D eigenvalue weighted by molar-refractivity contribution is 0.102. The van der Waals surface area contributed by atoms with Gasteiger partial charge in [0.05, 0.1) is 11.2 Å². The average Bonchev–Trinajstić information content (AvgIpc) is 2.55. The Balaban J connectivity index is 1.93. The van der Waals surface area contributed by atoms with Crippen LogP contribution in [0.2, 0.25) is 0 Å². The van der Waals surface area contributed by atoms with E-state index < -0.39 is 0 Å². The molecule has 0 unspecified atom stereocenters. The molecular formula is C15H13N5O. The minimum atomic E-state index is -0.302. The molecule has 0 atom stereocenters. The summed E-state index contributed by atoms with van der Waals surface area (Å²) in [7, 11) is 0. The van der Waals surface area contributed by atoms with Crippen molar-refractivity contribution in [3.05, 3.63) is 60.4 Å². The molecule has 0 aliphatic heterocycles. The Labute approximate surface area is 121 Å². The molecule has 21 heavy (non-hydrogen) atoms. The van der Waals surface area contributed by atoms with E-state index >= 15 is 0 Å². The van der Waals surface area contributed by atoms with E-state index in [1.807, 2.05) is 30.3 Å². The van der Waals surface area contributed by atoms with Crippen molar-refractivity contribution < 1.29 is 4.79 Å². The molecule has 0 radical (unpaired) electrons. The summed E-state index contributed by atoms with van der Waals surface area (Å²) >= 11 is 0. The molecule has 1 aromatic carbocycles. The van der Waals surface area contributed by atoms with E-state index in [0.29, 0.717) is 11.5 Å². The molecule has 0 bridgehead atoms. The van der Waals surface area contributed by atoms with Gasteiger partial charge in [-0.3, -0.25) is 9.78 Å². The van der Waals surface area contributed by atoms with Crippen LogP contribution in [0.5, 0.6) is 0 Å². The summed E-state index contributed by atoms with van der Waals surface area (Å²) in [6.07, 6.45) is 1.71. The third kappa shape index (κ3) is 2.65. The van der Waals surface area contributed by atoms with Crippen molar-refractivity contribution in [1.82, 2.24) is 9.97 Å². The van der Waals surface area contributed by atoms with Gasteiger partial charge < -0.3 is 10.7 Å². The van der Waals surface area contributed by atoms with E-state index in [1.54, 1.807) is 24.4 Å². The Morgan fingerprint density at radius 1 is 1.05 bits per heavy atom. The standard InChI is InChI=1S/C15H13N5O/c16-20-14-8-2-7-13(18-14)15(21)19-12-6-1-5-11-10(12)4-3-9-17-11/h1-9H,16H2,(H,18,20)(H,19,21). The number of pyridine rings is 2. The summed E-state index contributed by atoms with van der Waals surface area (Å²) in [5, 5.41) is 3.72. The highest BCUT2D eigenvalue weighted by molar-refractivity contribution is 6.07. The van der Waals surface area contributed by atoms with Crippen LogP contribution in [0.25, 0.3) is 10.9 Å². The number of amides is 1. The number of nitrogens with one attached hydrogen (secondary N) is 2. The van der Waals surface area contributed by atoms with E-state index in [1.165, 1.54) is 0 Å². The number of carbonyl (C=O) groups excluding carboxylic acids is 1. The molecule has 0 aliphatic carbocycles. The molecule has 3 aromatic rings. The minimum Gasteiger partial charge on any atom is -0.320 e. The smallest absolute Gasteiger partial charge is 0.274 e. The number of hydrogen-bond donors (Lipinski definition) is 3. The lowest BCUT2D eigenvalue weighted by atomic mass is 10.2. The summed E-state index contributed by atoms with van der Waals surface area (Å²) in [6.45, 7) is 0. The van der Waals surface area contributed by atoms with Gasteiger partial charge in [0.1, 0.15) is 11.5 Å². The molecule has 1 amide bonds. The summed E-state index contributed by atoms with van der Waals surface area (Å²) < 4.78 is 0. The van der Waals surface area contributed by atoms with E-state index in [0.717, 1.165) is 10.9 Å². The zero-order valence-electron chi connectivity index (χ0n) is 11.1. The number of carbonyl (C=O) groups is 1. The molecule has 104 valence electrons. The normalized spacial score (nSPS) is 10.3. The first-order chi connectivity index (χ1) is 10.3. The number of hydrazine groups is 1. The van der Waals surface area contributed by atoms with Crippen molar-refractivity contribution in [1.29, 1.82) is 0 Å². The third-order valence-electron chi connectivity index (χ3n) is 3.02. The molecular weight excluding hydrogens is 266 g/mol. The van der Waals surface area contributed by atoms with Gasteiger partial charge in [-0.15, -0.1) is 0 Å². The Bertz CT molecular complexity index is 797. The number of aromatic nitrogens is 2. The molecule has 0 saturated carbocycles. The number of fused-ring (bicyclic) bond motifs is 1. The van der Waals surface area contributed by atoms with Gasteiger partial charge in [0, 0.05) is 11.6 Å². The van der Waals surface area contributed by atoms with Gasteiger partial charge in [-0.1, -0.05) is 12.1 Å². The molecule has 0 fully saturated rings. The van der Waals surface area contributed by atoms with E-state index in [-0.39, 0.29) is 11.6 Å². The topological polar surface area (TPSA) is 92.9 Å². The van der Waals surface area contributed by atoms with Gasteiger partial charge in [-0.25, -0.2) is 10.8 Å². The monoisotopic (exact) mass is 279 g/mol. The summed E-state index contributed by atoms with van der Waals surface area (Å²) in [5.41, 5.74) is 4.21. The molecule has 6 heteroatoms. The van der Waals surface area contributed by atoms with Gasteiger partial charge in [0.15, 0.2) is 0 Å². The Morgan fingerprint density at radius 3 is 2.76 bits per heavy atom. The van der Waals surface area contributed by atoms with Crippen LogP contribution in [-0.4, -0.2) is 15.9 Å². The Morgan fingerprint density at radius 2 is 1.90 bits per heavy atom. The van der Waals surface area contributed by atoms with Crippen molar-refractivity contribution in [3.63, 3.8) is 0 Å². The largest absolute Gasteiger partial charge is 0.320 e. The van der Waals surface area contributed by atoms with Crippen LogP contribution in [-0.2, 0) is 0 Å². The highest BCUT2D eigenvalue weighted by Crippen LogP contribution is 2.21. The van der Waals surface area contributed by atoms with Crippen molar-refractivity contribution in [3.8, 4) is 0 Å². The van der Waals surface area contributed by atoms with Crippen molar-refractivity contribution >= 4 is 28.3 Å². The van der Waals surface area contributed by atoms with Gasteiger partial charge in [-0.05, 0) is 36.4 Å². The fourth-order valence-electron chi connectivity index (χ4n) is 2.04. The number of nitrogens with two attached hydrogens (primary N) is 1. The van der Waals surface area contributed by atoms with Gasteiger partial charge in [-0.2, -0.15) is 0 Å². The van der Waals surface area contributed by atoms with Gasteiger partial charge in [0.2, 0.25) is 0 Å². The zero-order valence-corrected chi connectivity index (χ0v) is 11.1. The predicted octanol–water partition coefficient (Wildman–Crippen LogP) is 2.17. The number of nitrogen functional groups attached to an aromatic ring is 1. The number of rotatable bonds is 3.